The summed E-state index contributed by atoms with van der Waals surface area (Å²) in [4.78, 5) is 24.8. The maximum atomic E-state index is 14.1. The van der Waals surface area contributed by atoms with E-state index in [1.165, 1.54) is 12.4 Å². The van der Waals surface area contributed by atoms with Crippen LogP contribution in [0.3, 0.4) is 0 Å². The summed E-state index contributed by atoms with van der Waals surface area (Å²) in [5.74, 6) is -4.44. The molecule has 0 aliphatic carbocycles. The molecule has 8 heteroatoms. The Morgan fingerprint density at radius 3 is 2.77 bits per heavy atom. The van der Waals surface area contributed by atoms with Gasteiger partial charge in [0.1, 0.15) is 6.04 Å². The second-order valence-corrected chi connectivity index (χ2v) is 6.12. The average Bonchev–Trinajstić information content (AvgIpc) is 3.20. The monoisotopic (exact) mass is 360 g/mol. The molecule has 1 aromatic carbocycles. The molecule has 0 spiro atoms. The van der Waals surface area contributed by atoms with E-state index < -0.39 is 30.3 Å². The Kier molecular flexibility index (Phi) is 4.83. The summed E-state index contributed by atoms with van der Waals surface area (Å²) >= 11 is 0. The number of aromatic nitrogens is 2. The van der Waals surface area contributed by atoms with Crippen molar-refractivity contribution >= 4 is 11.8 Å². The Hall–Kier alpha value is -3.03. The normalized spacial score (nSPS) is 18.5. The van der Waals surface area contributed by atoms with Gasteiger partial charge >= 0.3 is 0 Å². The van der Waals surface area contributed by atoms with Crippen LogP contribution in [-0.4, -0.2) is 51.5 Å². The first-order valence-electron chi connectivity index (χ1n) is 8.05. The molecule has 0 radical (unpaired) electrons. The molecular weight excluding hydrogens is 342 g/mol. The van der Waals surface area contributed by atoms with E-state index in [2.05, 4.69) is 17.0 Å². The van der Waals surface area contributed by atoms with Crippen molar-refractivity contribution in [1.82, 2.24) is 20.0 Å². The molecule has 0 bridgehead atoms. The van der Waals surface area contributed by atoms with E-state index in [0.717, 1.165) is 16.5 Å². The number of halogens is 2. The standard InChI is InChI=1S/C18H18F2N4O2/c1-2-16(25)23-11-15(18(19,20)12-23)22-17(26)14-8-21-24(10-14)9-13-6-4-3-5-7-13/h2-8,10,15H,1,9,11-12H2,(H,22,26). The van der Waals surface area contributed by atoms with E-state index >= 15 is 0 Å². The molecule has 1 N–H and O–H groups in total. The van der Waals surface area contributed by atoms with E-state index in [9.17, 15) is 18.4 Å². The van der Waals surface area contributed by atoms with Crippen molar-refractivity contribution in [1.29, 1.82) is 0 Å². The number of hydrogen-bond acceptors (Lipinski definition) is 3. The second kappa shape index (κ2) is 7.07. The molecule has 6 nitrogen and oxygen atoms in total. The lowest BCUT2D eigenvalue weighted by Crippen LogP contribution is -2.46. The molecule has 1 saturated heterocycles. The van der Waals surface area contributed by atoms with Crippen molar-refractivity contribution in [3.8, 4) is 0 Å². The zero-order valence-corrected chi connectivity index (χ0v) is 13.9. The van der Waals surface area contributed by atoms with Crippen LogP contribution >= 0.6 is 0 Å². The quantitative estimate of drug-likeness (QED) is 0.826. The fourth-order valence-electron chi connectivity index (χ4n) is 2.81. The highest BCUT2D eigenvalue weighted by Crippen LogP contribution is 2.28. The number of amides is 2. The first-order valence-corrected chi connectivity index (χ1v) is 8.05. The summed E-state index contributed by atoms with van der Waals surface area (Å²) in [6.07, 6.45) is 3.81. The fraction of sp³-hybridized carbons (Fsp3) is 0.278. The van der Waals surface area contributed by atoms with E-state index in [1.807, 2.05) is 30.3 Å². The molecule has 2 heterocycles. The lowest BCUT2D eigenvalue weighted by Gasteiger charge is -2.18. The molecule has 1 aliphatic rings. The molecule has 0 saturated carbocycles. The van der Waals surface area contributed by atoms with Crippen molar-refractivity contribution in [3.05, 3.63) is 66.5 Å². The summed E-state index contributed by atoms with van der Waals surface area (Å²) in [5.41, 5.74) is 1.19. The maximum Gasteiger partial charge on any atom is 0.286 e. The molecule has 3 rings (SSSR count). The zero-order chi connectivity index (χ0) is 18.7. The molecule has 26 heavy (non-hydrogen) atoms. The van der Waals surface area contributed by atoms with Gasteiger partial charge in [-0.05, 0) is 11.6 Å². The van der Waals surface area contributed by atoms with E-state index in [4.69, 9.17) is 0 Å². The topological polar surface area (TPSA) is 67.2 Å². The van der Waals surface area contributed by atoms with Gasteiger partial charge in [-0.1, -0.05) is 36.9 Å². The lowest BCUT2D eigenvalue weighted by atomic mass is 10.2. The molecule has 1 aliphatic heterocycles. The van der Waals surface area contributed by atoms with Gasteiger partial charge in [0.05, 0.1) is 24.8 Å². The smallest absolute Gasteiger partial charge is 0.286 e. The highest BCUT2D eigenvalue weighted by atomic mass is 19.3. The number of hydrogen-bond donors (Lipinski definition) is 1. The minimum absolute atomic E-state index is 0.185. The molecule has 136 valence electrons. The van der Waals surface area contributed by atoms with Crippen molar-refractivity contribution in [2.24, 2.45) is 0 Å². The summed E-state index contributed by atoms with van der Waals surface area (Å²) < 4.78 is 29.7. The van der Waals surface area contributed by atoms with Crippen molar-refractivity contribution < 1.29 is 18.4 Å². The number of benzene rings is 1. The Balaban J connectivity index is 1.65. The van der Waals surface area contributed by atoms with Gasteiger partial charge < -0.3 is 10.2 Å². The summed E-state index contributed by atoms with van der Waals surface area (Å²) in [7, 11) is 0. The number of nitrogens with one attached hydrogen (secondary N) is 1. The minimum Gasteiger partial charge on any atom is -0.341 e. The minimum atomic E-state index is -3.20. The second-order valence-electron chi connectivity index (χ2n) is 6.12. The van der Waals surface area contributed by atoms with Crippen LogP contribution in [0.1, 0.15) is 15.9 Å². The predicted molar refractivity (Wildman–Crippen MR) is 90.7 cm³/mol. The van der Waals surface area contributed by atoms with Crippen LogP contribution in [0.5, 0.6) is 0 Å². The number of rotatable bonds is 5. The lowest BCUT2D eigenvalue weighted by molar-refractivity contribution is -0.126. The van der Waals surface area contributed by atoms with E-state index in [1.54, 1.807) is 4.68 Å². The number of nitrogens with zero attached hydrogens (tertiary/aromatic N) is 3. The van der Waals surface area contributed by atoms with Gasteiger partial charge in [-0.25, -0.2) is 8.78 Å². The Labute approximate surface area is 149 Å². The summed E-state index contributed by atoms with van der Waals surface area (Å²) in [5, 5.41) is 6.39. The maximum absolute atomic E-state index is 14.1. The van der Waals surface area contributed by atoms with Gasteiger partial charge in [0.15, 0.2) is 0 Å². The molecule has 1 unspecified atom stereocenters. The highest BCUT2D eigenvalue weighted by Gasteiger charge is 2.50. The fourth-order valence-corrected chi connectivity index (χ4v) is 2.81. The molecule has 1 aromatic heterocycles. The third kappa shape index (κ3) is 3.79. The van der Waals surface area contributed by atoms with Crippen LogP contribution in [0, 0.1) is 0 Å². The molecule has 2 aromatic rings. The van der Waals surface area contributed by atoms with Gasteiger partial charge in [-0.15, -0.1) is 0 Å². The molecule has 1 atom stereocenters. The Morgan fingerprint density at radius 2 is 2.08 bits per heavy atom. The first kappa shape index (κ1) is 17.8. The molecule has 1 fully saturated rings. The van der Waals surface area contributed by atoms with E-state index in [0.29, 0.717) is 6.54 Å². The van der Waals surface area contributed by atoms with Crippen LogP contribution in [-0.2, 0) is 11.3 Å². The van der Waals surface area contributed by atoms with Crippen LogP contribution in [0.25, 0.3) is 0 Å². The molecule has 2 amide bonds. The third-order valence-corrected chi connectivity index (χ3v) is 4.19. The number of carbonyl (C=O) groups is 2. The van der Waals surface area contributed by atoms with Crippen LogP contribution in [0.15, 0.2) is 55.4 Å². The summed E-state index contributed by atoms with van der Waals surface area (Å²) in [6.45, 7) is 2.75. The van der Waals surface area contributed by atoms with Crippen molar-refractivity contribution in [2.75, 3.05) is 13.1 Å². The average molecular weight is 360 g/mol. The van der Waals surface area contributed by atoms with Gasteiger partial charge in [0.25, 0.3) is 11.8 Å². The Morgan fingerprint density at radius 1 is 1.35 bits per heavy atom. The van der Waals surface area contributed by atoms with Gasteiger partial charge in [0.2, 0.25) is 5.91 Å². The SMILES string of the molecule is C=CC(=O)N1CC(NC(=O)c2cnn(Cc3ccccc3)c2)C(F)(F)C1. The first-order chi connectivity index (χ1) is 12.4. The predicted octanol–water partition coefficient (Wildman–Crippen LogP) is 1.69. The van der Waals surface area contributed by atoms with Crippen LogP contribution in [0.2, 0.25) is 0 Å². The van der Waals surface area contributed by atoms with Crippen LogP contribution < -0.4 is 5.32 Å². The van der Waals surface area contributed by atoms with E-state index in [-0.39, 0.29) is 12.1 Å². The van der Waals surface area contributed by atoms with Gasteiger partial charge in [-0.2, -0.15) is 5.10 Å². The third-order valence-electron chi connectivity index (χ3n) is 4.19. The summed E-state index contributed by atoms with van der Waals surface area (Å²) in [6, 6.07) is 8.08. The van der Waals surface area contributed by atoms with Crippen LogP contribution in [0.4, 0.5) is 8.78 Å². The highest BCUT2D eigenvalue weighted by molar-refractivity contribution is 5.94. The van der Waals surface area contributed by atoms with Crippen molar-refractivity contribution in [3.63, 3.8) is 0 Å². The number of carbonyl (C=O) groups excluding carboxylic acids is 2. The largest absolute Gasteiger partial charge is 0.341 e. The molecular formula is C18H18F2N4O2. The van der Waals surface area contributed by atoms with Gasteiger partial charge in [0, 0.05) is 12.7 Å². The number of likely N-dealkylation sites (tertiary alicyclic amines) is 1. The van der Waals surface area contributed by atoms with Crippen molar-refractivity contribution in [2.45, 2.75) is 18.5 Å². The Bertz CT molecular complexity index is 820. The van der Waals surface area contributed by atoms with Gasteiger partial charge in [-0.3, -0.25) is 14.3 Å². The zero-order valence-electron chi connectivity index (χ0n) is 13.9. The number of alkyl halides is 2.